The molecule has 2 aromatic rings. The molecule has 0 radical (unpaired) electrons. The van der Waals surface area contributed by atoms with E-state index >= 15 is 0 Å². The van der Waals surface area contributed by atoms with Gasteiger partial charge in [-0.2, -0.15) is 0 Å². The Bertz CT molecular complexity index is 909. The van der Waals surface area contributed by atoms with Crippen molar-refractivity contribution in [2.75, 3.05) is 0 Å². The lowest BCUT2D eigenvalue weighted by atomic mass is 9.98. The normalized spacial score (nSPS) is 21.8. The van der Waals surface area contributed by atoms with Crippen molar-refractivity contribution in [3.63, 3.8) is 0 Å². The first-order chi connectivity index (χ1) is 13.6. The molecule has 0 saturated heterocycles. The zero-order valence-corrected chi connectivity index (χ0v) is 17.7. The van der Waals surface area contributed by atoms with Crippen molar-refractivity contribution in [2.24, 2.45) is 11.8 Å². The van der Waals surface area contributed by atoms with E-state index in [0.717, 1.165) is 16.7 Å². The topological polar surface area (TPSA) is 86.6 Å². The predicted molar refractivity (Wildman–Crippen MR) is 113 cm³/mol. The van der Waals surface area contributed by atoms with E-state index in [9.17, 15) is 19.8 Å². The molecule has 3 atom stereocenters. The first kappa shape index (κ1) is 21.6. The summed E-state index contributed by atoms with van der Waals surface area (Å²) in [5.41, 5.74) is 1.41. The molecular weight excluding hydrogens is 413 g/mol. The lowest BCUT2D eigenvalue weighted by molar-refractivity contribution is -0.144. The van der Waals surface area contributed by atoms with Crippen molar-refractivity contribution >= 4 is 35.1 Å². The number of hydrogen-bond donors (Lipinski definition) is 3. The Morgan fingerprint density at radius 3 is 2.10 bits per heavy atom. The minimum Gasteiger partial charge on any atom is -0.480 e. The maximum Gasteiger partial charge on any atom is 0.324 e. The fourth-order valence-electron chi connectivity index (χ4n) is 3.87. The summed E-state index contributed by atoms with van der Waals surface area (Å²) in [5.74, 6) is -1.96. The molecule has 29 heavy (non-hydrogen) atoms. The van der Waals surface area contributed by atoms with Crippen LogP contribution in [0.5, 0.6) is 0 Å². The number of nitrogens with one attached hydrogen (secondary N) is 1. The zero-order chi connectivity index (χ0) is 21.3. The third-order valence-corrected chi connectivity index (χ3v) is 5.96. The van der Waals surface area contributed by atoms with Crippen LogP contribution in [0, 0.1) is 11.8 Å². The minimum absolute atomic E-state index is 0.0724. The van der Waals surface area contributed by atoms with Crippen LogP contribution in [0.3, 0.4) is 0 Å². The highest BCUT2D eigenvalue weighted by Crippen LogP contribution is 2.49. The molecule has 3 rings (SSSR count). The first-order valence-corrected chi connectivity index (χ1v) is 10.2. The van der Waals surface area contributed by atoms with Gasteiger partial charge in [0.05, 0.1) is 0 Å². The fraction of sp³-hybridized carbons (Fsp3) is 0.364. The molecule has 0 spiro atoms. The number of carboxylic acid groups (broad SMARTS) is 2. The third-order valence-electron chi connectivity index (χ3n) is 5.52. The van der Waals surface area contributed by atoms with Crippen molar-refractivity contribution in [2.45, 2.75) is 38.3 Å². The van der Waals surface area contributed by atoms with E-state index in [2.05, 4.69) is 5.32 Å². The number of benzene rings is 2. The quantitative estimate of drug-likeness (QED) is 0.556. The monoisotopic (exact) mass is 435 g/mol. The minimum atomic E-state index is -1.16. The number of hydrogen-bond acceptors (Lipinski definition) is 3. The second-order valence-electron chi connectivity index (χ2n) is 7.93. The van der Waals surface area contributed by atoms with Crippen LogP contribution in [0.4, 0.5) is 0 Å². The van der Waals surface area contributed by atoms with E-state index in [4.69, 9.17) is 23.2 Å². The first-order valence-electron chi connectivity index (χ1n) is 9.41. The van der Waals surface area contributed by atoms with Gasteiger partial charge in [-0.05, 0) is 59.6 Å². The van der Waals surface area contributed by atoms with Gasteiger partial charge in [-0.3, -0.25) is 14.9 Å². The average molecular weight is 436 g/mol. The van der Waals surface area contributed by atoms with Crippen LogP contribution in [0.15, 0.2) is 42.5 Å². The van der Waals surface area contributed by atoms with Crippen LogP contribution in [-0.4, -0.2) is 33.7 Å². The predicted octanol–water partition coefficient (Wildman–Crippen LogP) is 4.75. The second-order valence-corrected chi connectivity index (χ2v) is 8.80. The van der Waals surface area contributed by atoms with Gasteiger partial charge in [-0.15, -0.1) is 0 Å². The summed E-state index contributed by atoms with van der Waals surface area (Å²) < 4.78 is 0. The molecule has 0 aliphatic heterocycles. The van der Waals surface area contributed by atoms with Gasteiger partial charge in [0.1, 0.15) is 11.6 Å². The molecule has 0 aromatic heterocycles. The van der Waals surface area contributed by atoms with Crippen LogP contribution in [-0.2, 0) is 16.0 Å². The summed E-state index contributed by atoms with van der Waals surface area (Å²) in [6.07, 6.45) is 0.629. The molecule has 0 amide bonds. The van der Waals surface area contributed by atoms with Crippen LogP contribution in [0.25, 0.3) is 11.1 Å². The van der Waals surface area contributed by atoms with Crippen LogP contribution >= 0.6 is 23.2 Å². The smallest absolute Gasteiger partial charge is 0.324 e. The van der Waals surface area contributed by atoms with Crippen molar-refractivity contribution in [1.82, 2.24) is 5.32 Å². The molecular formula is C22H23Cl2NO4. The van der Waals surface area contributed by atoms with Gasteiger partial charge in [0.2, 0.25) is 0 Å². The number of carboxylic acids is 2. The maximum absolute atomic E-state index is 11.8. The molecule has 0 bridgehead atoms. The third kappa shape index (κ3) is 4.74. The van der Waals surface area contributed by atoms with Gasteiger partial charge in [0, 0.05) is 10.0 Å². The van der Waals surface area contributed by atoms with E-state index in [1.165, 1.54) is 0 Å². The highest BCUT2D eigenvalue weighted by Gasteiger charge is 2.62. The molecule has 154 valence electrons. The van der Waals surface area contributed by atoms with Crippen molar-refractivity contribution in [1.29, 1.82) is 0 Å². The molecule has 0 heterocycles. The van der Waals surface area contributed by atoms with Gasteiger partial charge in [-0.25, -0.2) is 0 Å². The van der Waals surface area contributed by atoms with Gasteiger partial charge in [0.25, 0.3) is 0 Å². The van der Waals surface area contributed by atoms with Crippen molar-refractivity contribution in [3.8, 4) is 11.1 Å². The summed E-state index contributed by atoms with van der Waals surface area (Å²) in [5, 5.41) is 23.3. The molecule has 3 N–H and O–H groups in total. The highest BCUT2D eigenvalue weighted by atomic mass is 35.5. The molecule has 7 heteroatoms. The summed E-state index contributed by atoms with van der Waals surface area (Å²) >= 11 is 12.1. The number of carbonyl (C=O) groups is 2. The maximum atomic E-state index is 11.8. The molecule has 2 aromatic carbocycles. The summed E-state index contributed by atoms with van der Waals surface area (Å²) in [4.78, 5) is 23.6. The largest absolute Gasteiger partial charge is 0.480 e. The van der Waals surface area contributed by atoms with Crippen molar-refractivity contribution < 1.29 is 19.8 Å². The summed E-state index contributed by atoms with van der Waals surface area (Å²) in [6, 6.07) is 11.7. The highest BCUT2D eigenvalue weighted by molar-refractivity contribution is 6.35. The zero-order valence-electron chi connectivity index (χ0n) is 16.2. The van der Waals surface area contributed by atoms with Gasteiger partial charge >= 0.3 is 11.9 Å². The molecule has 1 fully saturated rings. The molecule has 2 unspecified atom stereocenters. The van der Waals surface area contributed by atoms with Crippen LogP contribution < -0.4 is 5.32 Å². The standard InChI is InChI=1S/C22H23Cl2NO4/c1-12(2)18-11-22(18,21(28)29)25-19(20(26)27)7-13-3-5-14(6-4-13)15-8-16(23)10-17(24)9-15/h3-6,8-10,12,18-19,25H,7,11H2,1-2H3,(H,26,27)(H,28,29)/t18?,19-,22?/m0/s1. The molecule has 1 aliphatic rings. The van der Waals surface area contributed by atoms with E-state index < -0.39 is 23.5 Å². The van der Waals surface area contributed by atoms with E-state index in [-0.39, 0.29) is 18.3 Å². The Kier molecular flexibility index (Phi) is 6.22. The Balaban J connectivity index is 1.76. The van der Waals surface area contributed by atoms with Crippen molar-refractivity contribution in [3.05, 3.63) is 58.1 Å². The van der Waals surface area contributed by atoms with Crippen LogP contribution in [0.2, 0.25) is 10.0 Å². The Morgan fingerprint density at radius 1 is 1.07 bits per heavy atom. The van der Waals surface area contributed by atoms with E-state index in [0.29, 0.717) is 16.5 Å². The number of aliphatic carboxylic acids is 2. The Labute approximate surface area is 179 Å². The SMILES string of the molecule is CC(C)C1CC1(N[C@@H](Cc1ccc(-c2cc(Cl)cc(Cl)c2)cc1)C(=O)O)C(=O)O. The lowest BCUT2D eigenvalue weighted by Gasteiger charge is -2.22. The second kappa shape index (κ2) is 8.34. The lowest BCUT2D eigenvalue weighted by Crippen LogP contribution is -2.51. The Hall–Kier alpha value is -2.08. The fourth-order valence-corrected chi connectivity index (χ4v) is 4.39. The Morgan fingerprint density at radius 2 is 1.66 bits per heavy atom. The molecule has 5 nitrogen and oxygen atoms in total. The summed E-state index contributed by atoms with van der Waals surface area (Å²) in [6.45, 7) is 3.90. The molecule has 1 aliphatic carbocycles. The summed E-state index contributed by atoms with van der Waals surface area (Å²) in [7, 11) is 0. The van der Waals surface area contributed by atoms with E-state index in [1.807, 2.05) is 38.1 Å². The van der Waals surface area contributed by atoms with Gasteiger partial charge in [-0.1, -0.05) is 61.3 Å². The van der Waals surface area contributed by atoms with Crippen LogP contribution in [0.1, 0.15) is 25.8 Å². The number of halogens is 2. The van der Waals surface area contributed by atoms with Gasteiger partial charge in [0.15, 0.2) is 0 Å². The average Bonchev–Trinajstić information content (AvgIpc) is 3.37. The number of rotatable bonds is 8. The van der Waals surface area contributed by atoms with E-state index in [1.54, 1.807) is 18.2 Å². The molecule has 1 saturated carbocycles. The van der Waals surface area contributed by atoms with Gasteiger partial charge < -0.3 is 10.2 Å².